The molecule has 3 heteroatoms. The number of methoxy groups -OCH3 is 1. The van der Waals surface area contributed by atoms with Gasteiger partial charge in [-0.15, -0.1) is 0 Å². The molecule has 0 aromatic heterocycles. The van der Waals surface area contributed by atoms with E-state index in [2.05, 4.69) is 0 Å². The van der Waals surface area contributed by atoms with Crippen molar-refractivity contribution in [2.45, 2.75) is 32.2 Å². The van der Waals surface area contributed by atoms with Crippen molar-refractivity contribution in [2.75, 3.05) is 13.7 Å². The first-order valence-electron chi connectivity index (χ1n) is 6.27. The van der Waals surface area contributed by atoms with Gasteiger partial charge in [0.25, 0.3) is 0 Å². The topological polar surface area (TPSA) is 44.5 Å². The van der Waals surface area contributed by atoms with Gasteiger partial charge in [0.2, 0.25) is 0 Å². The van der Waals surface area contributed by atoms with Gasteiger partial charge in [-0.25, -0.2) is 0 Å². The highest BCUT2D eigenvalue weighted by Crippen LogP contribution is 2.33. The predicted molar refractivity (Wildman–Crippen MR) is 68.4 cm³/mol. The average molecular weight is 235 g/mol. The largest absolute Gasteiger partial charge is 0.497 e. The Labute approximate surface area is 103 Å². The third-order valence-electron chi connectivity index (χ3n) is 3.19. The van der Waals surface area contributed by atoms with Gasteiger partial charge in [-0.2, -0.15) is 0 Å². The minimum absolute atomic E-state index is 0.0168. The number of rotatable bonds is 6. The number of benzene rings is 1. The number of hydrogen-bond acceptors (Lipinski definition) is 3. The summed E-state index contributed by atoms with van der Waals surface area (Å²) < 4.78 is 11.0. The Hall–Kier alpha value is -1.22. The van der Waals surface area contributed by atoms with Gasteiger partial charge in [0.15, 0.2) is 0 Å². The molecule has 1 atom stereocenters. The molecular formula is C14H21NO2. The molecule has 0 unspecified atom stereocenters. The molecule has 1 aliphatic rings. The van der Waals surface area contributed by atoms with Gasteiger partial charge in [0.1, 0.15) is 11.5 Å². The Morgan fingerprint density at radius 1 is 1.41 bits per heavy atom. The van der Waals surface area contributed by atoms with Gasteiger partial charge >= 0.3 is 0 Å². The first kappa shape index (κ1) is 12.2. The average Bonchev–Trinajstić information content (AvgIpc) is 3.12. The van der Waals surface area contributed by atoms with Crippen LogP contribution in [0.25, 0.3) is 0 Å². The quantitative estimate of drug-likeness (QED) is 0.824. The second-order valence-corrected chi connectivity index (χ2v) is 4.77. The normalized spacial score (nSPS) is 16.6. The van der Waals surface area contributed by atoms with Crippen molar-refractivity contribution < 1.29 is 9.47 Å². The van der Waals surface area contributed by atoms with Crippen LogP contribution in [0.1, 0.15) is 37.8 Å². The highest BCUT2D eigenvalue weighted by Gasteiger charge is 2.21. The van der Waals surface area contributed by atoms with E-state index in [1.165, 1.54) is 12.8 Å². The third kappa shape index (κ3) is 3.37. The molecule has 0 heterocycles. The fourth-order valence-electron chi connectivity index (χ4n) is 1.88. The molecule has 0 radical (unpaired) electrons. The van der Waals surface area contributed by atoms with Crippen LogP contribution in [-0.4, -0.2) is 13.7 Å². The molecular weight excluding hydrogens is 214 g/mol. The first-order chi connectivity index (χ1) is 8.20. The fourth-order valence-corrected chi connectivity index (χ4v) is 1.88. The molecule has 0 amide bonds. The van der Waals surface area contributed by atoms with Crippen LogP contribution < -0.4 is 15.2 Å². The molecule has 94 valence electrons. The number of hydrogen-bond donors (Lipinski definition) is 1. The highest BCUT2D eigenvalue weighted by atomic mass is 16.5. The predicted octanol–water partition coefficient (Wildman–Crippen LogP) is 2.89. The zero-order valence-corrected chi connectivity index (χ0v) is 10.6. The molecule has 0 spiro atoms. The van der Waals surface area contributed by atoms with E-state index < -0.39 is 0 Å². The summed E-state index contributed by atoms with van der Waals surface area (Å²) in [5.74, 6) is 2.56. The monoisotopic (exact) mass is 235 g/mol. The SMILES string of the molecule is COc1ccc([C@H](C)N)c(OCCC2CC2)c1. The van der Waals surface area contributed by atoms with Crippen LogP contribution in [0, 0.1) is 5.92 Å². The zero-order chi connectivity index (χ0) is 12.3. The van der Waals surface area contributed by atoms with Crippen LogP contribution in [0.4, 0.5) is 0 Å². The van der Waals surface area contributed by atoms with E-state index >= 15 is 0 Å². The Balaban J connectivity index is 2.03. The Kier molecular flexibility index (Phi) is 3.89. The maximum absolute atomic E-state index is 5.93. The maximum atomic E-state index is 5.93. The molecule has 0 saturated heterocycles. The molecule has 1 aromatic carbocycles. The van der Waals surface area contributed by atoms with E-state index in [9.17, 15) is 0 Å². The number of nitrogens with two attached hydrogens (primary N) is 1. The lowest BCUT2D eigenvalue weighted by Crippen LogP contribution is -2.09. The summed E-state index contributed by atoms with van der Waals surface area (Å²) in [5, 5.41) is 0. The van der Waals surface area contributed by atoms with Crippen molar-refractivity contribution in [3.63, 3.8) is 0 Å². The second-order valence-electron chi connectivity index (χ2n) is 4.77. The van der Waals surface area contributed by atoms with E-state index in [0.29, 0.717) is 0 Å². The lowest BCUT2D eigenvalue weighted by molar-refractivity contribution is 0.296. The van der Waals surface area contributed by atoms with E-state index in [4.69, 9.17) is 15.2 Å². The van der Waals surface area contributed by atoms with Crippen LogP contribution >= 0.6 is 0 Å². The summed E-state index contributed by atoms with van der Waals surface area (Å²) in [6.45, 7) is 2.74. The van der Waals surface area contributed by atoms with Gasteiger partial charge in [-0.1, -0.05) is 18.9 Å². The van der Waals surface area contributed by atoms with Crippen LogP contribution in [-0.2, 0) is 0 Å². The van der Waals surface area contributed by atoms with Crippen LogP contribution in [0.2, 0.25) is 0 Å². The second kappa shape index (κ2) is 5.41. The number of ether oxygens (including phenoxy) is 2. The van der Waals surface area contributed by atoms with Crippen molar-refractivity contribution in [2.24, 2.45) is 11.7 Å². The smallest absolute Gasteiger partial charge is 0.127 e. The zero-order valence-electron chi connectivity index (χ0n) is 10.6. The summed E-state index contributed by atoms with van der Waals surface area (Å²) in [6.07, 6.45) is 3.87. The van der Waals surface area contributed by atoms with Gasteiger partial charge < -0.3 is 15.2 Å². The fraction of sp³-hybridized carbons (Fsp3) is 0.571. The van der Waals surface area contributed by atoms with E-state index in [1.807, 2.05) is 25.1 Å². The minimum Gasteiger partial charge on any atom is -0.497 e. The van der Waals surface area contributed by atoms with Gasteiger partial charge in [0, 0.05) is 17.7 Å². The van der Waals surface area contributed by atoms with Crippen LogP contribution in [0.3, 0.4) is 0 Å². The van der Waals surface area contributed by atoms with E-state index in [0.717, 1.165) is 36.0 Å². The van der Waals surface area contributed by atoms with Crippen molar-refractivity contribution in [3.8, 4) is 11.5 Å². The Morgan fingerprint density at radius 3 is 2.76 bits per heavy atom. The van der Waals surface area contributed by atoms with Gasteiger partial charge in [-0.05, 0) is 25.3 Å². The summed E-state index contributed by atoms with van der Waals surface area (Å²) in [5.41, 5.74) is 6.97. The lowest BCUT2D eigenvalue weighted by Gasteiger charge is -2.15. The summed E-state index contributed by atoms with van der Waals surface area (Å²) in [6, 6.07) is 5.81. The molecule has 0 aliphatic heterocycles. The highest BCUT2D eigenvalue weighted by molar-refractivity contribution is 5.42. The molecule has 3 nitrogen and oxygen atoms in total. The van der Waals surface area contributed by atoms with Crippen molar-refractivity contribution in [1.29, 1.82) is 0 Å². The molecule has 1 fully saturated rings. The molecule has 1 saturated carbocycles. The summed E-state index contributed by atoms with van der Waals surface area (Å²) in [4.78, 5) is 0. The van der Waals surface area contributed by atoms with Gasteiger partial charge in [-0.3, -0.25) is 0 Å². The molecule has 2 rings (SSSR count). The van der Waals surface area contributed by atoms with Gasteiger partial charge in [0.05, 0.1) is 13.7 Å². The maximum Gasteiger partial charge on any atom is 0.127 e. The Bertz CT molecular complexity index is 372. The minimum atomic E-state index is -0.0168. The Morgan fingerprint density at radius 2 is 2.18 bits per heavy atom. The standard InChI is InChI=1S/C14H21NO2/c1-10(15)13-6-5-12(16-2)9-14(13)17-8-7-11-3-4-11/h5-6,9-11H,3-4,7-8,15H2,1-2H3/t10-/m0/s1. The molecule has 1 aromatic rings. The summed E-state index contributed by atoms with van der Waals surface area (Å²) in [7, 11) is 1.66. The first-order valence-corrected chi connectivity index (χ1v) is 6.27. The van der Waals surface area contributed by atoms with Crippen LogP contribution in [0.15, 0.2) is 18.2 Å². The third-order valence-corrected chi connectivity index (χ3v) is 3.19. The molecule has 1 aliphatic carbocycles. The molecule has 0 bridgehead atoms. The van der Waals surface area contributed by atoms with Crippen molar-refractivity contribution in [1.82, 2.24) is 0 Å². The van der Waals surface area contributed by atoms with Crippen molar-refractivity contribution >= 4 is 0 Å². The van der Waals surface area contributed by atoms with E-state index in [1.54, 1.807) is 7.11 Å². The van der Waals surface area contributed by atoms with Crippen LogP contribution in [0.5, 0.6) is 11.5 Å². The lowest BCUT2D eigenvalue weighted by atomic mass is 10.1. The summed E-state index contributed by atoms with van der Waals surface area (Å²) >= 11 is 0. The van der Waals surface area contributed by atoms with Crippen molar-refractivity contribution in [3.05, 3.63) is 23.8 Å². The molecule has 17 heavy (non-hydrogen) atoms. The molecule has 2 N–H and O–H groups in total. The van der Waals surface area contributed by atoms with E-state index in [-0.39, 0.29) is 6.04 Å².